The third-order valence-electron chi connectivity index (χ3n) is 4.74. The van der Waals surface area contributed by atoms with Gasteiger partial charge in [-0.25, -0.2) is 9.97 Å². The zero-order valence-electron chi connectivity index (χ0n) is 15.9. The van der Waals surface area contributed by atoms with E-state index in [-0.39, 0.29) is 6.04 Å². The SMILES string of the molecule is Cc1ccc([C@H](Nc2nc(C)nc3c2cnn3C)c2cccnc2)c(C)c1. The van der Waals surface area contributed by atoms with Crippen LogP contribution in [-0.4, -0.2) is 24.7 Å². The van der Waals surface area contributed by atoms with Gasteiger partial charge in [0.15, 0.2) is 5.65 Å². The number of pyridine rings is 1. The third-order valence-corrected chi connectivity index (χ3v) is 4.74. The van der Waals surface area contributed by atoms with Crippen molar-refractivity contribution >= 4 is 16.9 Å². The van der Waals surface area contributed by atoms with Crippen LogP contribution in [0.4, 0.5) is 5.82 Å². The van der Waals surface area contributed by atoms with E-state index in [2.05, 4.69) is 63.5 Å². The van der Waals surface area contributed by atoms with Crippen LogP contribution in [0.15, 0.2) is 48.9 Å². The van der Waals surface area contributed by atoms with Crippen molar-refractivity contribution in [2.24, 2.45) is 7.05 Å². The number of nitrogens with zero attached hydrogens (tertiary/aromatic N) is 5. The fourth-order valence-corrected chi connectivity index (χ4v) is 3.41. The highest BCUT2D eigenvalue weighted by Crippen LogP contribution is 2.31. The van der Waals surface area contributed by atoms with Crippen LogP contribution in [0.25, 0.3) is 11.0 Å². The number of fused-ring (bicyclic) bond motifs is 1. The molecule has 3 aromatic heterocycles. The summed E-state index contributed by atoms with van der Waals surface area (Å²) in [5, 5.41) is 8.87. The maximum absolute atomic E-state index is 4.66. The lowest BCUT2D eigenvalue weighted by Gasteiger charge is -2.22. The van der Waals surface area contributed by atoms with Crippen LogP contribution in [0, 0.1) is 20.8 Å². The summed E-state index contributed by atoms with van der Waals surface area (Å²) in [6.45, 7) is 6.14. The molecule has 0 aliphatic heterocycles. The number of hydrogen-bond donors (Lipinski definition) is 1. The molecule has 1 N–H and O–H groups in total. The number of benzene rings is 1. The first-order valence-electron chi connectivity index (χ1n) is 8.93. The smallest absolute Gasteiger partial charge is 0.163 e. The van der Waals surface area contributed by atoms with Crippen molar-refractivity contribution in [1.29, 1.82) is 0 Å². The van der Waals surface area contributed by atoms with E-state index in [0.717, 1.165) is 22.4 Å². The molecule has 0 fully saturated rings. The van der Waals surface area contributed by atoms with Gasteiger partial charge in [0.05, 0.1) is 17.6 Å². The average molecular weight is 358 g/mol. The molecule has 0 unspecified atom stereocenters. The Bertz CT molecular complexity index is 1100. The lowest BCUT2D eigenvalue weighted by atomic mass is 9.94. The van der Waals surface area contributed by atoms with E-state index in [0.29, 0.717) is 5.82 Å². The summed E-state index contributed by atoms with van der Waals surface area (Å²) in [6.07, 6.45) is 5.49. The summed E-state index contributed by atoms with van der Waals surface area (Å²) in [5.41, 5.74) is 5.56. The van der Waals surface area contributed by atoms with Crippen molar-refractivity contribution in [1.82, 2.24) is 24.7 Å². The summed E-state index contributed by atoms with van der Waals surface area (Å²) < 4.78 is 1.77. The van der Waals surface area contributed by atoms with Gasteiger partial charge in [-0.1, -0.05) is 29.8 Å². The summed E-state index contributed by atoms with van der Waals surface area (Å²) in [5.74, 6) is 1.48. The van der Waals surface area contributed by atoms with E-state index >= 15 is 0 Å². The second-order valence-electron chi connectivity index (χ2n) is 6.85. The van der Waals surface area contributed by atoms with Gasteiger partial charge in [-0.3, -0.25) is 9.67 Å². The predicted octanol–water partition coefficient (Wildman–Crippen LogP) is 3.89. The minimum Gasteiger partial charge on any atom is -0.358 e. The van der Waals surface area contributed by atoms with Crippen LogP contribution in [0.5, 0.6) is 0 Å². The number of aryl methyl sites for hydroxylation is 4. The van der Waals surface area contributed by atoms with E-state index in [9.17, 15) is 0 Å². The quantitative estimate of drug-likeness (QED) is 0.599. The molecule has 0 aliphatic rings. The number of aromatic nitrogens is 5. The van der Waals surface area contributed by atoms with Gasteiger partial charge in [-0.05, 0) is 43.5 Å². The van der Waals surface area contributed by atoms with Gasteiger partial charge < -0.3 is 5.32 Å². The van der Waals surface area contributed by atoms with Crippen molar-refractivity contribution < 1.29 is 0 Å². The molecule has 0 amide bonds. The average Bonchev–Trinajstić information content (AvgIpc) is 3.02. The molecule has 0 aliphatic carbocycles. The first kappa shape index (κ1) is 17.1. The van der Waals surface area contributed by atoms with Crippen LogP contribution in [0.3, 0.4) is 0 Å². The molecule has 0 bridgehead atoms. The molecule has 6 heteroatoms. The summed E-state index contributed by atoms with van der Waals surface area (Å²) >= 11 is 0. The number of rotatable bonds is 4. The van der Waals surface area contributed by atoms with Crippen LogP contribution in [0.2, 0.25) is 0 Å². The van der Waals surface area contributed by atoms with E-state index in [1.54, 1.807) is 17.1 Å². The third kappa shape index (κ3) is 3.26. The van der Waals surface area contributed by atoms with Gasteiger partial charge in [-0.2, -0.15) is 5.10 Å². The minimum absolute atomic E-state index is 0.0722. The normalized spacial score (nSPS) is 12.3. The molecule has 1 aromatic carbocycles. The molecule has 0 saturated heterocycles. The summed E-state index contributed by atoms with van der Waals surface area (Å²) in [4.78, 5) is 13.5. The lowest BCUT2D eigenvalue weighted by molar-refractivity contribution is 0.782. The van der Waals surface area contributed by atoms with Gasteiger partial charge in [0, 0.05) is 19.4 Å². The lowest BCUT2D eigenvalue weighted by Crippen LogP contribution is -2.15. The molecule has 0 spiro atoms. The highest BCUT2D eigenvalue weighted by molar-refractivity contribution is 5.86. The van der Waals surface area contributed by atoms with Crippen LogP contribution >= 0.6 is 0 Å². The maximum Gasteiger partial charge on any atom is 0.163 e. The standard InChI is InChI=1S/C21H22N6/c1-13-7-8-17(14(2)10-13)19(16-6-5-9-22-11-16)26-20-18-12-23-27(4)21(18)25-15(3)24-20/h5-12,19H,1-4H3,(H,24,25,26)/t19-/m1/s1. The van der Waals surface area contributed by atoms with Gasteiger partial charge >= 0.3 is 0 Å². The zero-order valence-corrected chi connectivity index (χ0v) is 15.9. The summed E-state index contributed by atoms with van der Waals surface area (Å²) in [6, 6.07) is 10.5. The highest BCUT2D eigenvalue weighted by Gasteiger charge is 2.20. The molecular formula is C21H22N6. The van der Waals surface area contributed by atoms with Gasteiger partial charge in [0.1, 0.15) is 11.6 Å². The molecule has 0 saturated carbocycles. The molecular weight excluding hydrogens is 336 g/mol. The van der Waals surface area contributed by atoms with E-state index in [1.807, 2.05) is 26.2 Å². The van der Waals surface area contributed by atoms with Crippen molar-refractivity contribution in [3.8, 4) is 0 Å². The predicted molar refractivity (Wildman–Crippen MR) is 107 cm³/mol. The van der Waals surface area contributed by atoms with E-state index in [4.69, 9.17) is 0 Å². The topological polar surface area (TPSA) is 68.5 Å². The van der Waals surface area contributed by atoms with Gasteiger partial charge in [-0.15, -0.1) is 0 Å². The Morgan fingerprint density at radius 3 is 2.63 bits per heavy atom. The Morgan fingerprint density at radius 2 is 1.89 bits per heavy atom. The first-order valence-corrected chi connectivity index (χ1v) is 8.93. The second kappa shape index (κ2) is 6.79. The molecule has 3 heterocycles. The van der Waals surface area contributed by atoms with Crippen molar-refractivity contribution in [2.45, 2.75) is 26.8 Å². The Morgan fingerprint density at radius 1 is 1.04 bits per heavy atom. The van der Waals surface area contributed by atoms with Crippen LogP contribution < -0.4 is 5.32 Å². The largest absolute Gasteiger partial charge is 0.358 e. The van der Waals surface area contributed by atoms with Gasteiger partial charge in [0.2, 0.25) is 0 Å². The summed E-state index contributed by atoms with van der Waals surface area (Å²) in [7, 11) is 1.89. The van der Waals surface area contributed by atoms with E-state index < -0.39 is 0 Å². The van der Waals surface area contributed by atoms with Gasteiger partial charge in [0.25, 0.3) is 0 Å². The van der Waals surface area contributed by atoms with Crippen molar-refractivity contribution in [2.75, 3.05) is 5.32 Å². The number of anilines is 1. The minimum atomic E-state index is -0.0722. The van der Waals surface area contributed by atoms with Crippen LogP contribution in [-0.2, 0) is 7.05 Å². The molecule has 27 heavy (non-hydrogen) atoms. The number of nitrogens with one attached hydrogen (secondary N) is 1. The zero-order chi connectivity index (χ0) is 19.0. The molecule has 1 atom stereocenters. The Hall–Kier alpha value is -3.28. The number of hydrogen-bond acceptors (Lipinski definition) is 5. The first-order chi connectivity index (χ1) is 13.0. The Kier molecular flexibility index (Phi) is 4.32. The van der Waals surface area contributed by atoms with Crippen molar-refractivity contribution in [3.63, 3.8) is 0 Å². The maximum atomic E-state index is 4.66. The second-order valence-corrected chi connectivity index (χ2v) is 6.85. The Balaban J connectivity index is 1.86. The highest BCUT2D eigenvalue weighted by atomic mass is 15.3. The molecule has 4 rings (SSSR count). The monoisotopic (exact) mass is 358 g/mol. The Labute approximate surface area is 158 Å². The molecule has 0 radical (unpaired) electrons. The fraction of sp³-hybridized carbons (Fsp3) is 0.238. The molecule has 6 nitrogen and oxygen atoms in total. The van der Waals surface area contributed by atoms with E-state index in [1.165, 1.54) is 16.7 Å². The fourth-order valence-electron chi connectivity index (χ4n) is 3.41. The van der Waals surface area contributed by atoms with Crippen LogP contribution in [0.1, 0.15) is 34.1 Å². The molecule has 136 valence electrons. The van der Waals surface area contributed by atoms with Crippen molar-refractivity contribution in [3.05, 3.63) is 77.0 Å². The molecule has 4 aromatic rings.